The molecule has 3 rings (SSSR count). The van der Waals surface area contributed by atoms with Crippen LogP contribution in [0.3, 0.4) is 0 Å². The average Bonchev–Trinajstić information content (AvgIpc) is 2.76. The highest BCUT2D eigenvalue weighted by Crippen LogP contribution is 2.29. The lowest BCUT2D eigenvalue weighted by molar-refractivity contribution is -0.124. The summed E-state index contributed by atoms with van der Waals surface area (Å²) < 4.78 is 10.5. The fraction of sp³-hybridized carbons (Fsp3) is 0.417. The largest absolute Gasteiger partial charge is 0.497 e. The zero-order chi connectivity index (χ0) is 21.7. The van der Waals surface area contributed by atoms with Crippen LogP contribution in [0.2, 0.25) is 0 Å². The highest BCUT2D eigenvalue weighted by molar-refractivity contribution is 5.98. The van der Waals surface area contributed by atoms with Gasteiger partial charge in [0.25, 0.3) is 5.91 Å². The highest BCUT2D eigenvalue weighted by Gasteiger charge is 2.29. The van der Waals surface area contributed by atoms with Crippen LogP contribution >= 0.6 is 0 Å². The second kappa shape index (κ2) is 9.65. The van der Waals surface area contributed by atoms with Gasteiger partial charge in [0.1, 0.15) is 17.5 Å². The Kier molecular flexibility index (Phi) is 6.98. The molecule has 0 radical (unpaired) electrons. The molecule has 0 saturated heterocycles. The van der Waals surface area contributed by atoms with Gasteiger partial charge in [0.2, 0.25) is 5.91 Å². The lowest BCUT2D eigenvalue weighted by Crippen LogP contribution is -2.50. The Labute approximate surface area is 178 Å². The molecule has 2 N–H and O–H groups in total. The van der Waals surface area contributed by atoms with Gasteiger partial charge in [0.15, 0.2) is 0 Å². The molecule has 0 fully saturated rings. The van der Waals surface area contributed by atoms with Gasteiger partial charge >= 0.3 is 0 Å². The van der Waals surface area contributed by atoms with Crippen LogP contribution in [-0.4, -0.2) is 32.1 Å². The minimum atomic E-state index is -0.649. The van der Waals surface area contributed by atoms with E-state index < -0.39 is 6.04 Å². The maximum Gasteiger partial charge on any atom is 0.252 e. The fourth-order valence-electron chi connectivity index (χ4n) is 3.86. The molecule has 6 nitrogen and oxygen atoms in total. The number of methoxy groups -OCH3 is 2. The van der Waals surface area contributed by atoms with Crippen LogP contribution in [0.15, 0.2) is 42.5 Å². The van der Waals surface area contributed by atoms with Crippen molar-refractivity contribution in [2.24, 2.45) is 5.92 Å². The van der Waals surface area contributed by atoms with E-state index in [9.17, 15) is 9.59 Å². The summed E-state index contributed by atoms with van der Waals surface area (Å²) in [6, 6.07) is 12.5. The Bertz CT molecular complexity index is 888. The van der Waals surface area contributed by atoms with Crippen LogP contribution in [0.4, 0.5) is 0 Å². The molecule has 2 atom stereocenters. The normalized spacial score (nSPS) is 16.4. The average molecular weight is 411 g/mol. The molecule has 0 unspecified atom stereocenters. The predicted molar refractivity (Wildman–Crippen MR) is 116 cm³/mol. The number of hydrogen-bond acceptors (Lipinski definition) is 4. The standard InChI is InChI=1S/C24H30N2O4/c1-15(2)22(26-23(27)17-12-18(29-3)14-19(13-17)30-4)24(28)25-21-11-7-9-16-8-5-6-10-20(16)21/h5-6,8,10,12-15,21-22H,7,9,11H2,1-4H3,(H,25,28)(H,26,27)/t21-,22+/m0/s1. The quantitative estimate of drug-likeness (QED) is 0.731. The van der Waals surface area contributed by atoms with Gasteiger partial charge in [-0.2, -0.15) is 0 Å². The summed E-state index contributed by atoms with van der Waals surface area (Å²) >= 11 is 0. The molecule has 6 heteroatoms. The summed E-state index contributed by atoms with van der Waals surface area (Å²) in [5.41, 5.74) is 2.83. The monoisotopic (exact) mass is 410 g/mol. The van der Waals surface area contributed by atoms with E-state index in [0.717, 1.165) is 19.3 Å². The number of rotatable bonds is 7. The van der Waals surface area contributed by atoms with Crippen LogP contribution < -0.4 is 20.1 Å². The molecule has 1 aliphatic carbocycles. The number of carbonyl (C=O) groups is 2. The molecule has 2 amide bonds. The number of carbonyl (C=O) groups excluding carboxylic acids is 2. The number of ether oxygens (including phenoxy) is 2. The van der Waals surface area contributed by atoms with Gasteiger partial charge in [0.05, 0.1) is 20.3 Å². The SMILES string of the molecule is COc1cc(OC)cc(C(=O)N[C@@H](C(=O)N[C@H]2CCCc3ccccc32)C(C)C)c1. The van der Waals surface area contributed by atoms with Crippen molar-refractivity contribution in [1.29, 1.82) is 0 Å². The Hall–Kier alpha value is -3.02. The molecule has 1 aliphatic rings. The number of aryl methyl sites for hydroxylation is 1. The second-order valence-electron chi connectivity index (χ2n) is 7.95. The molecule has 0 bridgehead atoms. The van der Waals surface area contributed by atoms with Crippen molar-refractivity contribution < 1.29 is 19.1 Å². The zero-order valence-corrected chi connectivity index (χ0v) is 18.0. The Morgan fingerprint density at radius 1 is 1.03 bits per heavy atom. The fourth-order valence-corrected chi connectivity index (χ4v) is 3.86. The third-order valence-electron chi connectivity index (χ3n) is 5.54. The Balaban J connectivity index is 1.75. The number of fused-ring (bicyclic) bond motifs is 1. The molecule has 0 saturated carbocycles. The van der Waals surface area contributed by atoms with Crippen LogP contribution in [-0.2, 0) is 11.2 Å². The van der Waals surface area contributed by atoms with Crippen LogP contribution in [0.1, 0.15) is 54.2 Å². The summed E-state index contributed by atoms with van der Waals surface area (Å²) in [5.74, 6) is 0.452. The van der Waals surface area contributed by atoms with E-state index in [1.807, 2.05) is 26.0 Å². The summed E-state index contributed by atoms with van der Waals surface area (Å²) in [4.78, 5) is 26.0. The van der Waals surface area contributed by atoms with Gasteiger partial charge in [-0.3, -0.25) is 9.59 Å². The predicted octanol–water partition coefficient (Wildman–Crippen LogP) is 3.65. The molecular formula is C24H30N2O4. The molecule has 160 valence electrons. The molecule has 0 heterocycles. The highest BCUT2D eigenvalue weighted by atomic mass is 16.5. The summed E-state index contributed by atoms with van der Waals surface area (Å²) in [7, 11) is 3.06. The lowest BCUT2D eigenvalue weighted by atomic mass is 9.87. The van der Waals surface area contributed by atoms with Crippen molar-refractivity contribution in [3.05, 3.63) is 59.2 Å². The third kappa shape index (κ3) is 4.93. The van der Waals surface area contributed by atoms with E-state index in [1.54, 1.807) is 18.2 Å². The maximum atomic E-state index is 13.1. The van der Waals surface area contributed by atoms with E-state index in [1.165, 1.54) is 25.3 Å². The van der Waals surface area contributed by atoms with E-state index >= 15 is 0 Å². The van der Waals surface area contributed by atoms with Gasteiger partial charge in [-0.25, -0.2) is 0 Å². The topological polar surface area (TPSA) is 76.7 Å². The lowest BCUT2D eigenvalue weighted by Gasteiger charge is -2.29. The Morgan fingerprint density at radius 3 is 2.33 bits per heavy atom. The first-order chi connectivity index (χ1) is 14.4. The van der Waals surface area contributed by atoms with Gasteiger partial charge in [0, 0.05) is 11.6 Å². The molecule has 30 heavy (non-hydrogen) atoms. The van der Waals surface area contributed by atoms with E-state index in [4.69, 9.17) is 9.47 Å². The third-order valence-corrected chi connectivity index (χ3v) is 5.54. The van der Waals surface area contributed by atoms with Crippen molar-refractivity contribution in [1.82, 2.24) is 10.6 Å². The first kappa shape index (κ1) is 21.7. The number of hydrogen-bond donors (Lipinski definition) is 2. The van der Waals surface area contributed by atoms with E-state index in [2.05, 4.69) is 22.8 Å². The smallest absolute Gasteiger partial charge is 0.252 e. The van der Waals surface area contributed by atoms with Gasteiger partial charge in [-0.05, 0) is 48.4 Å². The van der Waals surface area contributed by atoms with Crippen molar-refractivity contribution in [3.63, 3.8) is 0 Å². The summed E-state index contributed by atoms with van der Waals surface area (Å²) in [6.45, 7) is 3.84. The minimum Gasteiger partial charge on any atom is -0.497 e. The van der Waals surface area contributed by atoms with Crippen LogP contribution in [0.5, 0.6) is 11.5 Å². The van der Waals surface area contributed by atoms with Crippen molar-refractivity contribution in [2.75, 3.05) is 14.2 Å². The zero-order valence-electron chi connectivity index (χ0n) is 18.0. The minimum absolute atomic E-state index is 0.0301. The molecule has 2 aromatic rings. The number of benzene rings is 2. The van der Waals surface area contributed by atoms with Crippen LogP contribution in [0, 0.1) is 5.92 Å². The van der Waals surface area contributed by atoms with Crippen molar-refractivity contribution >= 4 is 11.8 Å². The Morgan fingerprint density at radius 2 is 1.70 bits per heavy atom. The number of amides is 2. The van der Waals surface area contributed by atoms with Gasteiger partial charge in [-0.1, -0.05) is 38.1 Å². The van der Waals surface area contributed by atoms with E-state index in [-0.39, 0.29) is 23.8 Å². The van der Waals surface area contributed by atoms with Crippen LogP contribution in [0.25, 0.3) is 0 Å². The van der Waals surface area contributed by atoms with E-state index in [0.29, 0.717) is 17.1 Å². The first-order valence-electron chi connectivity index (χ1n) is 10.3. The molecule has 2 aromatic carbocycles. The molecular weight excluding hydrogens is 380 g/mol. The van der Waals surface area contributed by atoms with Gasteiger partial charge < -0.3 is 20.1 Å². The molecule has 0 aromatic heterocycles. The molecule has 0 aliphatic heterocycles. The first-order valence-corrected chi connectivity index (χ1v) is 10.3. The van der Waals surface area contributed by atoms with Crippen molar-refractivity contribution in [3.8, 4) is 11.5 Å². The number of nitrogens with one attached hydrogen (secondary N) is 2. The summed E-state index contributed by atoms with van der Waals surface area (Å²) in [5, 5.41) is 6.04. The van der Waals surface area contributed by atoms with Gasteiger partial charge in [-0.15, -0.1) is 0 Å². The second-order valence-corrected chi connectivity index (χ2v) is 7.95. The molecule has 0 spiro atoms. The van der Waals surface area contributed by atoms with Crippen molar-refractivity contribution in [2.45, 2.75) is 45.2 Å². The summed E-state index contributed by atoms with van der Waals surface area (Å²) in [6.07, 6.45) is 2.96. The maximum absolute atomic E-state index is 13.1.